The molecule has 8 atom stereocenters. The van der Waals surface area contributed by atoms with Crippen molar-refractivity contribution < 1.29 is 65.9 Å². The SMILES string of the molecule is CCOC(=O)C1=C[C@@H](C)[C@H](C)[C@@H](N=[N+]=[N-])C1.CCOCCO[C@H]1CCCN([C@@H]2C=C(C(=O)OCC)C[C@H](N=[N+]=[N-])[C@H]2NC(C)=O)C1.CCOCCO[C@H]1CCCNC1.O=C(O)C(F)(F)F. The van der Waals surface area contributed by atoms with E-state index in [0.29, 0.717) is 56.6 Å². The maximum atomic E-state index is 12.4. The van der Waals surface area contributed by atoms with Gasteiger partial charge >= 0.3 is 24.1 Å². The molecule has 4 aliphatic rings. The van der Waals surface area contributed by atoms with Crippen molar-refractivity contribution in [2.75, 3.05) is 79.0 Å². The number of nitrogens with one attached hydrogen (secondary N) is 2. The van der Waals surface area contributed by atoms with E-state index in [0.717, 1.165) is 52.3 Å². The number of allylic oxidation sites excluding steroid dienone is 1. The molecule has 2 aliphatic heterocycles. The van der Waals surface area contributed by atoms with Crippen LogP contribution in [0.5, 0.6) is 0 Å². The van der Waals surface area contributed by atoms with Gasteiger partial charge in [-0.15, -0.1) is 0 Å². The number of piperidine rings is 2. The summed E-state index contributed by atoms with van der Waals surface area (Å²) in [6.07, 6.45) is 4.15. The summed E-state index contributed by atoms with van der Waals surface area (Å²) < 4.78 is 63.9. The number of nitrogens with zero attached hydrogens (tertiary/aromatic N) is 7. The molecule has 0 bridgehead atoms. The molecule has 20 nitrogen and oxygen atoms in total. The number of hydrogen-bond donors (Lipinski definition) is 3. The van der Waals surface area contributed by atoms with Crippen molar-refractivity contribution in [3.05, 3.63) is 44.2 Å². The number of carbonyl (C=O) groups excluding carboxylic acids is 3. The summed E-state index contributed by atoms with van der Waals surface area (Å²) in [5.74, 6) is -3.19. The first-order valence-corrected chi connectivity index (χ1v) is 22.2. The lowest BCUT2D eigenvalue weighted by molar-refractivity contribution is -0.192. The average Bonchev–Trinajstić information content (AvgIpc) is 3.27. The predicted molar refractivity (Wildman–Crippen MR) is 233 cm³/mol. The minimum Gasteiger partial charge on any atom is -0.475 e. The minimum absolute atomic E-state index is 0.0384. The van der Waals surface area contributed by atoms with Gasteiger partial charge in [-0.25, -0.2) is 14.4 Å². The smallest absolute Gasteiger partial charge is 0.475 e. The van der Waals surface area contributed by atoms with Crippen molar-refractivity contribution in [1.29, 1.82) is 0 Å². The molecule has 2 heterocycles. The molecule has 23 heteroatoms. The highest BCUT2D eigenvalue weighted by Crippen LogP contribution is 2.32. The van der Waals surface area contributed by atoms with Crippen LogP contribution in [-0.2, 0) is 47.6 Å². The molecule has 65 heavy (non-hydrogen) atoms. The Morgan fingerprint density at radius 1 is 0.831 bits per heavy atom. The Morgan fingerprint density at radius 2 is 1.35 bits per heavy atom. The monoisotopic (exact) mass is 934 g/mol. The molecular weight excluding hydrogens is 864 g/mol. The van der Waals surface area contributed by atoms with Gasteiger partial charge in [0.25, 0.3) is 0 Å². The fourth-order valence-corrected chi connectivity index (χ4v) is 7.32. The third kappa shape index (κ3) is 23.5. The van der Waals surface area contributed by atoms with E-state index in [9.17, 15) is 27.6 Å². The van der Waals surface area contributed by atoms with Gasteiger partial charge in [0.05, 0.1) is 63.9 Å². The summed E-state index contributed by atoms with van der Waals surface area (Å²) in [4.78, 5) is 52.7. The second-order valence-electron chi connectivity index (χ2n) is 15.4. The fraction of sp³-hybridized carbons (Fsp3) is 0.810. The van der Waals surface area contributed by atoms with Gasteiger partial charge in [-0.2, -0.15) is 13.2 Å². The zero-order chi connectivity index (χ0) is 48.8. The second kappa shape index (κ2) is 33.1. The summed E-state index contributed by atoms with van der Waals surface area (Å²) in [5.41, 5.74) is 18.6. The molecule has 0 radical (unpaired) electrons. The Labute approximate surface area is 379 Å². The van der Waals surface area contributed by atoms with Crippen LogP contribution in [0, 0.1) is 11.8 Å². The zero-order valence-electron chi connectivity index (χ0n) is 38.8. The Bertz CT molecular complexity index is 1600. The van der Waals surface area contributed by atoms with Crippen molar-refractivity contribution >= 4 is 23.8 Å². The largest absolute Gasteiger partial charge is 0.490 e. The minimum atomic E-state index is -5.08. The number of hydrogen-bond acceptors (Lipinski definition) is 14. The van der Waals surface area contributed by atoms with E-state index in [1.807, 2.05) is 39.8 Å². The van der Waals surface area contributed by atoms with E-state index < -0.39 is 30.2 Å². The Kier molecular flexibility index (Phi) is 29.8. The van der Waals surface area contributed by atoms with E-state index in [-0.39, 0.29) is 54.9 Å². The molecular formula is C42H70F3N9O11. The van der Waals surface area contributed by atoms with Crippen LogP contribution in [0.25, 0.3) is 20.9 Å². The van der Waals surface area contributed by atoms with E-state index in [1.54, 1.807) is 13.8 Å². The van der Waals surface area contributed by atoms with Gasteiger partial charge in [0.1, 0.15) is 0 Å². The maximum Gasteiger partial charge on any atom is 0.490 e. The first kappa shape index (κ1) is 58.5. The number of rotatable bonds is 18. The summed E-state index contributed by atoms with van der Waals surface area (Å²) in [5, 5.41) is 21.0. The van der Waals surface area contributed by atoms with E-state index in [4.69, 9.17) is 49.4 Å². The molecule has 0 aromatic carbocycles. The first-order valence-electron chi connectivity index (χ1n) is 22.2. The molecule has 2 fully saturated rings. The van der Waals surface area contributed by atoms with E-state index in [1.165, 1.54) is 19.8 Å². The zero-order valence-corrected chi connectivity index (χ0v) is 38.8. The average molecular weight is 934 g/mol. The van der Waals surface area contributed by atoms with Gasteiger partial charge in [0, 0.05) is 66.3 Å². The third-order valence-corrected chi connectivity index (χ3v) is 10.7. The number of carboxylic acid groups (broad SMARTS) is 1. The Hall–Kier alpha value is -4.47. The van der Waals surface area contributed by atoms with E-state index in [2.05, 4.69) is 35.6 Å². The van der Waals surface area contributed by atoms with Gasteiger partial charge in [0.2, 0.25) is 5.91 Å². The number of esters is 2. The molecule has 1 amide bonds. The second-order valence-corrected chi connectivity index (χ2v) is 15.4. The number of ether oxygens (including phenoxy) is 6. The number of halogens is 3. The molecule has 0 aromatic heterocycles. The lowest BCUT2D eigenvalue weighted by atomic mass is 9.79. The highest BCUT2D eigenvalue weighted by molar-refractivity contribution is 5.89. The molecule has 370 valence electrons. The van der Waals surface area contributed by atoms with Gasteiger partial charge in [-0.05, 0) is 102 Å². The van der Waals surface area contributed by atoms with Gasteiger partial charge in [0.15, 0.2) is 0 Å². The number of aliphatic carboxylic acids is 1. The number of azide groups is 2. The van der Waals surface area contributed by atoms with Crippen LogP contribution in [0.4, 0.5) is 13.2 Å². The highest BCUT2D eigenvalue weighted by Gasteiger charge is 2.40. The number of carbonyl (C=O) groups is 4. The lowest BCUT2D eigenvalue weighted by Crippen LogP contribution is -2.60. The predicted octanol–water partition coefficient (Wildman–Crippen LogP) is 6.20. The highest BCUT2D eigenvalue weighted by atomic mass is 19.4. The third-order valence-electron chi connectivity index (χ3n) is 10.7. The summed E-state index contributed by atoms with van der Waals surface area (Å²) in [7, 11) is 0. The van der Waals surface area contributed by atoms with Crippen molar-refractivity contribution in [2.24, 2.45) is 22.1 Å². The first-order chi connectivity index (χ1) is 31.0. The van der Waals surface area contributed by atoms with Crippen LogP contribution in [-0.4, -0.2) is 155 Å². The Morgan fingerprint density at radius 3 is 1.85 bits per heavy atom. The lowest BCUT2D eigenvalue weighted by Gasteiger charge is -2.44. The molecule has 0 unspecified atom stereocenters. The molecule has 2 saturated heterocycles. The quantitative estimate of drug-likeness (QED) is 0.0455. The summed E-state index contributed by atoms with van der Waals surface area (Å²) >= 11 is 0. The van der Waals surface area contributed by atoms with Crippen LogP contribution in [0.2, 0.25) is 0 Å². The molecule has 0 spiro atoms. The number of likely N-dealkylation sites (tertiary alicyclic amines) is 1. The van der Waals surface area contributed by atoms with Crippen LogP contribution in [0.3, 0.4) is 0 Å². The van der Waals surface area contributed by atoms with E-state index >= 15 is 0 Å². The summed E-state index contributed by atoms with van der Waals surface area (Å²) in [6, 6.07) is -1.45. The molecule has 0 saturated carbocycles. The molecule has 3 N–H and O–H groups in total. The standard InChI is InChI=1S/C20H33N5O5.C11H17N3O2.C9H19NO2.C2HF3O2/c1-4-28-9-10-30-16-7-6-8-25(13-16)18-12-15(20(27)29-5-2)11-17(23-24-21)19(18)22-14(3)26;1-4-16-11(15)9-5-7(2)8(3)10(6-9)13-14-12;1-2-11-6-7-12-9-4-3-5-10-8-9;3-2(4,5)1(6)7/h12,16-19H,4-11,13H2,1-3H3,(H,22,26);5,7-8,10H,4,6H2,1-3H3;9-10H,2-8H2,1H3;(H,6,7)/t16-,17-,18+,19+;7-,8+,10+;9-;/m010./s1. The van der Waals surface area contributed by atoms with Crippen molar-refractivity contribution in [1.82, 2.24) is 15.5 Å². The van der Waals surface area contributed by atoms with Gasteiger partial charge in [-0.3, -0.25) is 9.69 Å². The molecule has 4 rings (SSSR count). The van der Waals surface area contributed by atoms with Gasteiger partial charge < -0.3 is 44.2 Å². The number of alkyl halides is 3. The van der Waals surface area contributed by atoms with Crippen molar-refractivity contribution in [3.8, 4) is 0 Å². The fourth-order valence-electron chi connectivity index (χ4n) is 7.32. The number of amides is 1. The van der Waals surface area contributed by atoms with Gasteiger partial charge in [-0.1, -0.05) is 36.2 Å². The summed E-state index contributed by atoms with van der Waals surface area (Å²) in [6.45, 7) is 21.2. The van der Waals surface area contributed by atoms with Crippen molar-refractivity contribution in [2.45, 2.75) is 130 Å². The van der Waals surface area contributed by atoms with Crippen LogP contribution < -0.4 is 10.6 Å². The maximum absolute atomic E-state index is 12.4. The molecule has 0 aromatic rings. The van der Waals surface area contributed by atoms with Crippen LogP contribution in [0.1, 0.15) is 87.0 Å². The van der Waals surface area contributed by atoms with Crippen LogP contribution >= 0.6 is 0 Å². The topological polar surface area (TPSA) is 269 Å². The Balaban J connectivity index is 0.000000501. The normalized spacial score (nSPS) is 25.3. The number of carboxylic acids is 1. The van der Waals surface area contributed by atoms with Crippen LogP contribution in [0.15, 0.2) is 33.5 Å². The molecule has 2 aliphatic carbocycles. The van der Waals surface area contributed by atoms with Crippen molar-refractivity contribution in [3.63, 3.8) is 0 Å².